The van der Waals surface area contributed by atoms with Crippen molar-refractivity contribution < 1.29 is 13.2 Å². The molecule has 2 aromatic rings. The molecule has 0 aliphatic rings. The van der Waals surface area contributed by atoms with Crippen LogP contribution in [-0.2, 0) is 0 Å². The molecule has 0 saturated carbocycles. The second-order valence-electron chi connectivity index (χ2n) is 3.38. The van der Waals surface area contributed by atoms with Gasteiger partial charge in [-0.25, -0.2) is 15.0 Å². The SMILES string of the molecule is NCC(n1cnc2c(N)ncnc21)C(F)(F)F. The van der Waals surface area contributed by atoms with Gasteiger partial charge in [-0.15, -0.1) is 0 Å². The average molecular weight is 246 g/mol. The minimum Gasteiger partial charge on any atom is -0.382 e. The molecule has 0 amide bonds. The third-order valence-electron chi connectivity index (χ3n) is 2.32. The summed E-state index contributed by atoms with van der Waals surface area (Å²) in [4.78, 5) is 11.1. The van der Waals surface area contributed by atoms with Crippen molar-refractivity contribution in [2.75, 3.05) is 12.3 Å². The van der Waals surface area contributed by atoms with Gasteiger partial charge in [0, 0.05) is 6.54 Å². The van der Waals surface area contributed by atoms with Gasteiger partial charge in [-0.05, 0) is 0 Å². The molecule has 1 unspecified atom stereocenters. The molecule has 17 heavy (non-hydrogen) atoms. The molecule has 2 rings (SSSR count). The Labute approximate surface area is 93.5 Å². The molecule has 92 valence electrons. The number of hydrogen-bond acceptors (Lipinski definition) is 5. The van der Waals surface area contributed by atoms with Crippen molar-refractivity contribution in [2.45, 2.75) is 12.2 Å². The third kappa shape index (κ3) is 1.88. The molecule has 0 saturated heterocycles. The molecule has 2 aromatic heterocycles. The minimum absolute atomic E-state index is 0.0188. The normalized spacial score (nSPS) is 14.1. The topological polar surface area (TPSA) is 95.6 Å². The molecule has 0 aromatic carbocycles. The van der Waals surface area contributed by atoms with Crippen LogP contribution in [0.3, 0.4) is 0 Å². The minimum atomic E-state index is -4.47. The Kier molecular flexibility index (Phi) is 2.62. The van der Waals surface area contributed by atoms with Gasteiger partial charge in [-0.3, -0.25) is 0 Å². The third-order valence-corrected chi connectivity index (χ3v) is 2.32. The van der Waals surface area contributed by atoms with Gasteiger partial charge in [0.1, 0.15) is 17.9 Å². The number of anilines is 1. The average Bonchev–Trinajstić information content (AvgIpc) is 2.63. The Morgan fingerprint density at radius 3 is 2.59 bits per heavy atom. The van der Waals surface area contributed by atoms with Crippen molar-refractivity contribution in [3.05, 3.63) is 12.7 Å². The van der Waals surface area contributed by atoms with Crippen LogP contribution in [0.2, 0.25) is 0 Å². The lowest BCUT2D eigenvalue weighted by Crippen LogP contribution is -2.32. The van der Waals surface area contributed by atoms with Crippen LogP contribution in [0, 0.1) is 0 Å². The van der Waals surface area contributed by atoms with E-state index in [1.807, 2.05) is 0 Å². The number of nitrogens with two attached hydrogens (primary N) is 2. The zero-order valence-electron chi connectivity index (χ0n) is 8.52. The smallest absolute Gasteiger partial charge is 0.382 e. The van der Waals surface area contributed by atoms with Crippen LogP contribution in [0.1, 0.15) is 6.04 Å². The van der Waals surface area contributed by atoms with Crippen molar-refractivity contribution in [3.63, 3.8) is 0 Å². The van der Waals surface area contributed by atoms with Crippen molar-refractivity contribution >= 4 is 17.0 Å². The van der Waals surface area contributed by atoms with Crippen molar-refractivity contribution in [2.24, 2.45) is 5.73 Å². The number of fused-ring (bicyclic) bond motifs is 1. The summed E-state index contributed by atoms with van der Waals surface area (Å²) in [5.41, 5.74) is 10.8. The molecule has 0 aliphatic carbocycles. The first kappa shape index (κ1) is 11.6. The maximum atomic E-state index is 12.7. The standard InChI is InChI=1S/C8H9F3N6/c9-8(10,11)4(1-12)17-3-16-5-6(13)14-2-15-7(5)17/h2-4H,1,12H2,(H2,13,14,15). The van der Waals surface area contributed by atoms with E-state index in [9.17, 15) is 13.2 Å². The maximum Gasteiger partial charge on any atom is 0.410 e. The maximum absolute atomic E-state index is 12.7. The first-order chi connectivity index (χ1) is 7.95. The summed E-state index contributed by atoms with van der Waals surface area (Å²) >= 11 is 0. The number of rotatable bonds is 2. The van der Waals surface area contributed by atoms with Crippen molar-refractivity contribution in [1.29, 1.82) is 0 Å². The molecule has 6 nitrogen and oxygen atoms in total. The largest absolute Gasteiger partial charge is 0.410 e. The summed E-state index contributed by atoms with van der Waals surface area (Å²) in [5.74, 6) is 0.0340. The number of alkyl halides is 3. The number of nitrogens with zero attached hydrogens (tertiary/aromatic N) is 4. The van der Waals surface area contributed by atoms with Crippen LogP contribution in [0.25, 0.3) is 11.2 Å². The molecular formula is C8H9F3N6. The summed E-state index contributed by atoms with van der Waals surface area (Å²) in [6.45, 7) is -0.598. The number of hydrogen-bond donors (Lipinski definition) is 2. The molecular weight excluding hydrogens is 237 g/mol. The van der Waals surface area contributed by atoms with Crippen LogP contribution in [-0.4, -0.2) is 32.2 Å². The summed E-state index contributed by atoms with van der Waals surface area (Å²) in [6.07, 6.45) is -2.37. The zero-order chi connectivity index (χ0) is 12.6. The van der Waals surface area contributed by atoms with Gasteiger partial charge in [0.15, 0.2) is 11.5 Å². The predicted molar refractivity (Wildman–Crippen MR) is 53.9 cm³/mol. The highest BCUT2D eigenvalue weighted by Crippen LogP contribution is 2.31. The first-order valence-corrected chi connectivity index (χ1v) is 4.65. The summed E-state index contributed by atoms with van der Waals surface area (Å²) < 4.78 is 39.0. The molecule has 0 bridgehead atoms. The first-order valence-electron chi connectivity index (χ1n) is 4.65. The Morgan fingerprint density at radius 1 is 1.29 bits per heavy atom. The van der Waals surface area contributed by atoms with Crippen molar-refractivity contribution in [3.8, 4) is 0 Å². The van der Waals surface area contributed by atoms with E-state index in [4.69, 9.17) is 11.5 Å². The second kappa shape index (κ2) is 3.84. The fourth-order valence-corrected chi connectivity index (χ4v) is 1.50. The molecule has 2 heterocycles. The van der Waals surface area contributed by atoms with Crippen molar-refractivity contribution in [1.82, 2.24) is 19.5 Å². The van der Waals surface area contributed by atoms with Gasteiger partial charge >= 0.3 is 6.18 Å². The van der Waals surface area contributed by atoms with Gasteiger partial charge in [-0.1, -0.05) is 0 Å². The molecule has 0 spiro atoms. The number of aromatic nitrogens is 4. The quantitative estimate of drug-likeness (QED) is 0.803. The molecule has 0 radical (unpaired) electrons. The lowest BCUT2D eigenvalue weighted by atomic mass is 10.3. The van der Waals surface area contributed by atoms with Gasteiger partial charge in [-0.2, -0.15) is 13.2 Å². The molecule has 1 atom stereocenters. The highest BCUT2D eigenvalue weighted by molar-refractivity contribution is 5.81. The van der Waals surface area contributed by atoms with E-state index in [1.165, 1.54) is 0 Å². The van der Waals surface area contributed by atoms with Gasteiger partial charge < -0.3 is 16.0 Å². The Hall–Kier alpha value is -1.90. The lowest BCUT2D eigenvalue weighted by molar-refractivity contribution is -0.164. The second-order valence-corrected chi connectivity index (χ2v) is 3.38. The fraction of sp³-hybridized carbons (Fsp3) is 0.375. The number of imidazole rings is 1. The Bertz CT molecular complexity index is 534. The zero-order valence-corrected chi connectivity index (χ0v) is 8.52. The summed E-state index contributed by atoms with van der Waals surface area (Å²) in [5, 5.41) is 0. The summed E-state index contributed by atoms with van der Waals surface area (Å²) in [7, 11) is 0. The van der Waals surface area contributed by atoms with Crippen LogP contribution in [0.5, 0.6) is 0 Å². The van der Waals surface area contributed by atoms with Crippen LogP contribution in [0.15, 0.2) is 12.7 Å². The molecule has 0 fully saturated rings. The van der Waals surface area contributed by atoms with Gasteiger partial charge in [0.2, 0.25) is 0 Å². The summed E-state index contributed by atoms with van der Waals surface area (Å²) in [6, 6.07) is -1.87. The van der Waals surface area contributed by atoms with Crippen LogP contribution in [0.4, 0.5) is 19.0 Å². The number of nitrogen functional groups attached to an aromatic ring is 1. The molecule has 9 heteroatoms. The highest BCUT2D eigenvalue weighted by Gasteiger charge is 2.41. The monoisotopic (exact) mass is 246 g/mol. The van der Waals surface area contributed by atoms with E-state index >= 15 is 0 Å². The lowest BCUT2D eigenvalue weighted by Gasteiger charge is -2.19. The van der Waals surface area contributed by atoms with E-state index in [1.54, 1.807) is 0 Å². The van der Waals surface area contributed by atoms with Gasteiger partial charge in [0.05, 0.1) is 6.33 Å². The van der Waals surface area contributed by atoms with Crippen LogP contribution >= 0.6 is 0 Å². The van der Waals surface area contributed by atoms with E-state index in [0.717, 1.165) is 17.2 Å². The Morgan fingerprint density at radius 2 is 2.00 bits per heavy atom. The van der Waals surface area contributed by atoms with E-state index < -0.39 is 18.8 Å². The van der Waals surface area contributed by atoms with E-state index in [0.29, 0.717) is 0 Å². The fourth-order valence-electron chi connectivity index (χ4n) is 1.50. The highest BCUT2D eigenvalue weighted by atomic mass is 19.4. The van der Waals surface area contributed by atoms with E-state index in [-0.39, 0.29) is 17.0 Å². The van der Waals surface area contributed by atoms with E-state index in [2.05, 4.69) is 15.0 Å². The number of halogens is 3. The Balaban J connectivity index is 2.59. The van der Waals surface area contributed by atoms with Gasteiger partial charge in [0.25, 0.3) is 0 Å². The predicted octanol–water partition coefficient (Wildman–Crippen LogP) is 0.471. The molecule has 4 N–H and O–H groups in total. The van der Waals surface area contributed by atoms with Crippen LogP contribution < -0.4 is 11.5 Å². The molecule has 0 aliphatic heterocycles.